The predicted molar refractivity (Wildman–Crippen MR) is 105 cm³/mol. The molecular weight excluding hydrogens is 356 g/mol. The molecule has 1 amide bonds. The highest BCUT2D eigenvalue weighted by Crippen LogP contribution is 2.24. The van der Waals surface area contributed by atoms with Gasteiger partial charge in [-0.15, -0.1) is 0 Å². The van der Waals surface area contributed by atoms with Crippen LogP contribution >= 0.6 is 0 Å². The molecule has 0 spiro atoms. The fourth-order valence-electron chi connectivity index (χ4n) is 2.95. The number of rotatable bonds is 6. The summed E-state index contributed by atoms with van der Waals surface area (Å²) in [4.78, 5) is 16.0. The second-order valence-electron chi connectivity index (χ2n) is 6.28. The second kappa shape index (κ2) is 7.28. The van der Waals surface area contributed by atoms with Crippen molar-refractivity contribution in [1.82, 2.24) is 19.7 Å². The SMILES string of the molecule is NC(=O)c1c(Nc2ccc(-n3ccnc3)cc2)n[nH]c1Cc1ccc(O)cc1. The molecule has 0 saturated carbocycles. The summed E-state index contributed by atoms with van der Waals surface area (Å²) in [5.41, 5.74) is 9.16. The van der Waals surface area contributed by atoms with Crippen LogP contribution in [0.1, 0.15) is 21.6 Å². The maximum absolute atomic E-state index is 12.0. The van der Waals surface area contributed by atoms with Gasteiger partial charge >= 0.3 is 0 Å². The number of nitrogens with zero attached hydrogens (tertiary/aromatic N) is 3. The molecule has 8 heteroatoms. The van der Waals surface area contributed by atoms with E-state index in [9.17, 15) is 9.90 Å². The van der Waals surface area contributed by atoms with Gasteiger partial charge in [0.2, 0.25) is 0 Å². The fourth-order valence-corrected chi connectivity index (χ4v) is 2.95. The average molecular weight is 374 g/mol. The van der Waals surface area contributed by atoms with Crippen LogP contribution in [0, 0.1) is 0 Å². The van der Waals surface area contributed by atoms with Crippen LogP contribution in [-0.4, -0.2) is 30.8 Å². The Morgan fingerprint density at radius 3 is 2.54 bits per heavy atom. The van der Waals surface area contributed by atoms with Crippen molar-refractivity contribution in [3.8, 4) is 11.4 Å². The van der Waals surface area contributed by atoms with E-state index in [0.717, 1.165) is 16.9 Å². The molecule has 2 heterocycles. The van der Waals surface area contributed by atoms with E-state index in [0.29, 0.717) is 23.5 Å². The fraction of sp³-hybridized carbons (Fsp3) is 0.0500. The number of nitrogens with two attached hydrogens (primary N) is 1. The maximum atomic E-state index is 12.0. The highest BCUT2D eigenvalue weighted by atomic mass is 16.3. The number of aromatic amines is 1. The summed E-state index contributed by atoms with van der Waals surface area (Å²) in [6.45, 7) is 0. The van der Waals surface area contributed by atoms with Gasteiger partial charge in [-0.1, -0.05) is 12.1 Å². The Hall–Kier alpha value is -4.07. The molecule has 0 aliphatic rings. The zero-order valence-corrected chi connectivity index (χ0v) is 14.8. The zero-order valence-electron chi connectivity index (χ0n) is 14.8. The molecular formula is C20H18N6O2. The molecule has 0 bridgehead atoms. The zero-order chi connectivity index (χ0) is 19.5. The van der Waals surface area contributed by atoms with Gasteiger partial charge in [0.25, 0.3) is 5.91 Å². The number of aromatic hydroxyl groups is 1. The lowest BCUT2D eigenvalue weighted by molar-refractivity contribution is 0.100. The third kappa shape index (κ3) is 3.56. The number of imidazole rings is 1. The van der Waals surface area contributed by atoms with Crippen LogP contribution in [0.4, 0.5) is 11.5 Å². The first-order valence-electron chi connectivity index (χ1n) is 8.60. The van der Waals surface area contributed by atoms with Crippen molar-refractivity contribution in [2.75, 3.05) is 5.32 Å². The Morgan fingerprint density at radius 1 is 1.14 bits per heavy atom. The minimum absolute atomic E-state index is 0.185. The van der Waals surface area contributed by atoms with E-state index < -0.39 is 5.91 Å². The van der Waals surface area contributed by atoms with Gasteiger partial charge in [0.15, 0.2) is 5.82 Å². The van der Waals surface area contributed by atoms with E-state index >= 15 is 0 Å². The number of carbonyl (C=O) groups excluding carboxylic acids is 1. The van der Waals surface area contributed by atoms with E-state index in [1.54, 1.807) is 36.8 Å². The van der Waals surface area contributed by atoms with Crippen molar-refractivity contribution in [2.24, 2.45) is 5.73 Å². The monoisotopic (exact) mass is 374 g/mol. The summed E-state index contributed by atoms with van der Waals surface area (Å²) in [6.07, 6.45) is 5.73. The highest BCUT2D eigenvalue weighted by Gasteiger charge is 2.18. The van der Waals surface area contributed by atoms with Crippen molar-refractivity contribution in [1.29, 1.82) is 0 Å². The van der Waals surface area contributed by atoms with E-state index in [-0.39, 0.29) is 5.75 Å². The lowest BCUT2D eigenvalue weighted by Crippen LogP contribution is -2.14. The Bertz CT molecular complexity index is 1080. The van der Waals surface area contributed by atoms with Crippen LogP contribution in [0.2, 0.25) is 0 Å². The third-order valence-electron chi connectivity index (χ3n) is 4.34. The second-order valence-corrected chi connectivity index (χ2v) is 6.28. The topological polar surface area (TPSA) is 122 Å². The molecule has 4 rings (SSSR count). The molecule has 2 aromatic heterocycles. The Balaban J connectivity index is 1.57. The van der Waals surface area contributed by atoms with Gasteiger partial charge in [-0.25, -0.2) is 4.98 Å². The summed E-state index contributed by atoms with van der Waals surface area (Å²) in [6, 6.07) is 14.4. The lowest BCUT2D eigenvalue weighted by atomic mass is 10.1. The number of amides is 1. The summed E-state index contributed by atoms with van der Waals surface area (Å²) in [7, 11) is 0. The number of phenolic OH excluding ortho intramolecular Hbond substituents is 1. The number of phenols is 1. The van der Waals surface area contributed by atoms with Gasteiger partial charge in [0.05, 0.1) is 12.0 Å². The summed E-state index contributed by atoms with van der Waals surface area (Å²) < 4.78 is 1.89. The molecule has 0 fully saturated rings. The molecule has 2 aromatic carbocycles. The standard InChI is InChI=1S/C20H18N6O2/c21-19(28)18-17(11-13-1-7-16(27)8-2-13)24-25-20(18)23-14-3-5-15(6-4-14)26-10-9-22-12-26/h1-10,12,27H,11H2,(H2,21,28)(H2,23,24,25). The summed E-state index contributed by atoms with van der Waals surface area (Å²) in [5.74, 6) is -0.0123. The normalized spacial score (nSPS) is 10.7. The van der Waals surface area contributed by atoms with E-state index in [1.807, 2.05) is 35.0 Å². The summed E-state index contributed by atoms with van der Waals surface area (Å²) in [5, 5.41) is 19.6. The number of H-pyrrole nitrogens is 1. The first kappa shape index (κ1) is 17.3. The van der Waals surface area contributed by atoms with Crippen molar-refractivity contribution < 1.29 is 9.90 Å². The van der Waals surface area contributed by atoms with Crippen LogP contribution in [0.25, 0.3) is 5.69 Å². The number of carbonyl (C=O) groups is 1. The van der Waals surface area contributed by atoms with Gasteiger partial charge < -0.3 is 20.7 Å². The Morgan fingerprint density at radius 2 is 1.89 bits per heavy atom. The van der Waals surface area contributed by atoms with Gasteiger partial charge in [0.1, 0.15) is 11.3 Å². The van der Waals surface area contributed by atoms with Crippen LogP contribution in [-0.2, 0) is 6.42 Å². The molecule has 0 saturated heterocycles. The van der Waals surface area contributed by atoms with Crippen LogP contribution in [0.3, 0.4) is 0 Å². The minimum atomic E-state index is -0.569. The Labute approximate surface area is 160 Å². The first-order valence-corrected chi connectivity index (χ1v) is 8.60. The van der Waals surface area contributed by atoms with Crippen molar-refractivity contribution >= 4 is 17.4 Å². The molecule has 0 unspecified atom stereocenters. The van der Waals surface area contributed by atoms with Gasteiger partial charge in [-0.05, 0) is 42.0 Å². The van der Waals surface area contributed by atoms with Crippen LogP contribution in [0.5, 0.6) is 5.75 Å². The molecule has 0 atom stereocenters. The first-order chi connectivity index (χ1) is 13.6. The van der Waals surface area contributed by atoms with E-state index in [4.69, 9.17) is 5.73 Å². The van der Waals surface area contributed by atoms with Gasteiger partial charge in [-0.2, -0.15) is 5.10 Å². The van der Waals surface area contributed by atoms with Crippen molar-refractivity contribution in [3.05, 3.63) is 84.1 Å². The molecule has 0 radical (unpaired) electrons. The largest absolute Gasteiger partial charge is 0.508 e. The maximum Gasteiger partial charge on any atom is 0.254 e. The lowest BCUT2D eigenvalue weighted by Gasteiger charge is -2.07. The van der Waals surface area contributed by atoms with Crippen LogP contribution in [0.15, 0.2) is 67.3 Å². The molecule has 0 aliphatic heterocycles. The number of benzene rings is 2. The van der Waals surface area contributed by atoms with Crippen molar-refractivity contribution in [3.63, 3.8) is 0 Å². The van der Waals surface area contributed by atoms with Gasteiger partial charge in [-0.3, -0.25) is 9.89 Å². The van der Waals surface area contributed by atoms with E-state index in [2.05, 4.69) is 20.5 Å². The number of aromatic nitrogens is 4. The molecule has 5 N–H and O–H groups in total. The molecule has 28 heavy (non-hydrogen) atoms. The Kier molecular flexibility index (Phi) is 4.51. The van der Waals surface area contributed by atoms with E-state index in [1.165, 1.54) is 0 Å². The quantitative estimate of drug-likeness (QED) is 0.413. The smallest absolute Gasteiger partial charge is 0.254 e. The summed E-state index contributed by atoms with van der Waals surface area (Å²) >= 11 is 0. The molecule has 140 valence electrons. The van der Waals surface area contributed by atoms with Crippen LogP contribution < -0.4 is 11.1 Å². The molecule has 0 aliphatic carbocycles. The number of nitrogens with one attached hydrogen (secondary N) is 2. The highest BCUT2D eigenvalue weighted by molar-refractivity contribution is 5.99. The predicted octanol–water partition coefficient (Wildman–Crippen LogP) is 2.73. The molecule has 8 nitrogen and oxygen atoms in total. The average Bonchev–Trinajstić information content (AvgIpc) is 3.35. The molecule has 4 aromatic rings. The number of primary amides is 1. The number of anilines is 2. The number of hydrogen-bond donors (Lipinski definition) is 4. The minimum Gasteiger partial charge on any atom is -0.508 e. The van der Waals surface area contributed by atoms with Crippen molar-refractivity contribution in [2.45, 2.75) is 6.42 Å². The number of hydrogen-bond acceptors (Lipinski definition) is 5. The third-order valence-corrected chi connectivity index (χ3v) is 4.34. The van der Waals surface area contributed by atoms with Gasteiger partial charge in [0, 0.05) is 30.2 Å².